The molecule has 1 aliphatic carbocycles. The molecule has 0 unspecified atom stereocenters. The Morgan fingerprint density at radius 2 is 2.05 bits per heavy atom. The van der Waals surface area contributed by atoms with E-state index < -0.39 is 0 Å². The van der Waals surface area contributed by atoms with Crippen LogP contribution in [0.2, 0.25) is 0 Å². The Morgan fingerprint density at radius 3 is 2.71 bits per heavy atom. The van der Waals surface area contributed by atoms with E-state index in [1.165, 1.54) is 12.1 Å². The third-order valence-electron chi connectivity index (χ3n) is 4.48. The predicted octanol–water partition coefficient (Wildman–Crippen LogP) is 1.07. The maximum atomic E-state index is 13.2. The molecule has 1 saturated carbocycles. The highest BCUT2D eigenvalue weighted by Gasteiger charge is 2.46. The number of β-amino-alcohol motifs (C(OH)–C–C–N with tert-alkyl or cyclic N) is 1. The van der Waals surface area contributed by atoms with Crippen LogP contribution < -0.4 is 0 Å². The Bertz CT molecular complexity index is 515. The number of aliphatic hydroxyl groups is 1. The number of carbonyl (C=O) groups excluding carboxylic acids is 1. The lowest BCUT2D eigenvalue weighted by molar-refractivity contribution is -0.134. The fourth-order valence-corrected chi connectivity index (χ4v) is 3.14. The summed E-state index contributed by atoms with van der Waals surface area (Å²) in [6.07, 6.45) is 0.832. The molecule has 1 amide bonds. The van der Waals surface area contributed by atoms with Gasteiger partial charge in [-0.2, -0.15) is 0 Å². The molecule has 21 heavy (non-hydrogen) atoms. The smallest absolute Gasteiger partial charge is 0.226 e. The molecule has 1 saturated heterocycles. The topological polar surface area (TPSA) is 43.8 Å². The highest BCUT2D eigenvalue weighted by Crippen LogP contribution is 2.48. The summed E-state index contributed by atoms with van der Waals surface area (Å²) in [5, 5.41) is 8.92. The lowest BCUT2D eigenvalue weighted by Gasteiger charge is -2.34. The molecule has 5 heteroatoms. The molecule has 0 aromatic heterocycles. The summed E-state index contributed by atoms with van der Waals surface area (Å²) in [5.74, 6) is 0.177. The summed E-state index contributed by atoms with van der Waals surface area (Å²) in [6, 6.07) is 6.58. The first-order valence-electron chi connectivity index (χ1n) is 7.56. The highest BCUT2D eigenvalue weighted by atomic mass is 19.1. The minimum Gasteiger partial charge on any atom is -0.395 e. The van der Waals surface area contributed by atoms with Crippen LogP contribution in [0.25, 0.3) is 0 Å². The number of rotatable bonds is 4. The third-order valence-corrected chi connectivity index (χ3v) is 4.48. The second-order valence-electron chi connectivity index (χ2n) is 5.89. The van der Waals surface area contributed by atoms with Gasteiger partial charge in [0, 0.05) is 38.6 Å². The molecular formula is C16H21FN2O2. The molecule has 2 aliphatic rings. The van der Waals surface area contributed by atoms with Crippen molar-refractivity contribution >= 4 is 5.91 Å². The number of halogens is 1. The molecule has 2 atom stereocenters. The minimum atomic E-state index is -0.233. The monoisotopic (exact) mass is 292 g/mol. The number of benzene rings is 1. The van der Waals surface area contributed by atoms with Gasteiger partial charge in [0.15, 0.2) is 0 Å². The van der Waals surface area contributed by atoms with Crippen LogP contribution in [0.4, 0.5) is 4.39 Å². The van der Waals surface area contributed by atoms with Gasteiger partial charge < -0.3 is 10.0 Å². The van der Waals surface area contributed by atoms with Crippen LogP contribution in [-0.4, -0.2) is 60.1 Å². The summed E-state index contributed by atoms with van der Waals surface area (Å²) in [4.78, 5) is 16.5. The minimum absolute atomic E-state index is 0.0243. The van der Waals surface area contributed by atoms with Gasteiger partial charge in [-0.3, -0.25) is 9.69 Å². The standard InChI is InChI=1S/C16H21FN2O2/c17-13-3-1-2-12(10-13)14-11-15(14)16(21)19-6-4-18(5-7-19)8-9-20/h1-3,10,14-15,20H,4-9,11H2/t14-,15+/m0/s1. The lowest BCUT2D eigenvalue weighted by Crippen LogP contribution is -2.49. The van der Waals surface area contributed by atoms with Crippen molar-refractivity contribution in [3.8, 4) is 0 Å². The van der Waals surface area contributed by atoms with Gasteiger partial charge in [0.2, 0.25) is 5.91 Å². The van der Waals surface area contributed by atoms with Crippen LogP contribution >= 0.6 is 0 Å². The Kier molecular flexibility index (Phi) is 4.22. The average molecular weight is 292 g/mol. The number of carbonyl (C=O) groups is 1. The Balaban J connectivity index is 1.54. The normalized spacial score (nSPS) is 25.9. The van der Waals surface area contributed by atoms with Crippen LogP contribution in [0.5, 0.6) is 0 Å². The molecule has 1 heterocycles. The molecule has 1 aromatic carbocycles. The maximum Gasteiger partial charge on any atom is 0.226 e. The van der Waals surface area contributed by atoms with Crippen molar-refractivity contribution in [2.24, 2.45) is 5.92 Å². The molecule has 0 bridgehead atoms. The van der Waals surface area contributed by atoms with Crippen molar-refractivity contribution in [3.63, 3.8) is 0 Å². The van der Waals surface area contributed by atoms with Crippen molar-refractivity contribution in [2.75, 3.05) is 39.3 Å². The van der Waals surface area contributed by atoms with E-state index in [4.69, 9.17) is 5.11 Å². The first-order chi connectivity index (χ1) is 10.2. The molecule has 0 spiro atoms. The van der Waals surface area contributed by atoms with E-state index in [2.05, 4.69) is 4.90 Å². The van der Waals surface area contributed by atoms with Crippen molar-refractivity contribution in [2.45, 2.75) is 12.3 Å². The molecule has 0 radical (unpaired) electrons. The van der Waals surface area contributed by atoms with Gasteiger partial charge in [-0.25, -0.2) is 4.39 Å². The van der Waals surface area contributed by atoms with Gasteiger partial charge in [-0.15, -0.1) is 0 Å². The quantitative estimate of drug-likeness (QED) is 0.902. The average Bonchev–Trinajstić information content (AvgIpc) is 3.28. The number of hydrogen-bond donors (Lipinski definition) is 1. The Labute approximate surface area is 124 Å². The van der Waals surface area contributed by atoms with Gasteiger partial charge in [0.25, 0.3) is 0 Å². The summed E-state index contributed by atoms with van der Waals surface area (Å²) in [7, 11) is 0. The largest absolute Gasteiger partial charge is 0.395 e. The zero-order valence-electron chi connectivity index (χ0n) is 12.0. The van der Waals surface area contributed by atoms with E-state index in [0.717, 1.165) is 38.2 Å². The number of piperazine rings is 1. The second kappa shape index (κ2) is 6.12. The van der Waals surface area contributed by atoms with E-state index in [1.807, 2.05) is 11.0 Å². The van der Waals surface area contributed by atoms with E-state index in [0.29, 0.717) is 6.54 Å². The van der Waals surface area contributed by atoms with E-state index in [9.17, 15) is 9.18 Å². The first kappa shape index (κ1) is 14.5. The van der Waals surface area contributed by atoms with E-state index >= 15 is 0 Å². The van der Waals surface area contributed by atoms with E-state index in [-0.39, 0.29) is 30.2 Å². The zero-order valence-corrected chi connectivity index (χ0v) is 12.0. The molecule has 3 rings (SSSR count). The number of hydrogen-bond acceptors (Lipinski definition) is 3. The maximum absolute atomic E-state index is 13.2. The molecular weight excluding hydrogens is 271 g/mol. The van der Waals surface area contributed by atoms with Gasteiger partial charge in [-0.1, -0.05) is 12.1 Å². The first-order valence-corrected chi connectivity index (χ1v) is 7.56. The van der Waals surface area contributed by atoms with Crippen LogP contribution in [-0.2, 0) is 4.79 Å². The van der Waals surface area contributed by atoms with Crippen molar-refractivity contribution in [1.82, 2.24) is 9.80 Å². The summed E-state index contributed by atoms with van der Waals surface area (Å²) < 4.78 is 13.2. The Morgan fingerprint density at radius 1 is 1.29 bits per heavy atom. The predicted molar refractivity (Wildman–Crippen MR) is 77.4 cm³/mol. The van der Waals surface area contributed by atoms with Gasteiger partial charge >= 0.3 is 0 Å². The number of nitrogens with zero attached hydrogens (tertiary/aromatic N) is 2. The van der Waals surface area contributed by atoms with Crippen LogP contribution in [0.1, 0.15) is 17.9 Å². The second-order valence-corrected chi connectivity index (χ2v) is 5.89. The lowest BCUT2D eigenvalue weighted by atomic mass is 10.1. The fraction of sp³-hybridized carbons (Fsp3) is 0.562. The van der Waals surface area contributed by atoms with Crippen LogP contribution in [0, 0.1) is 11.7 Å². The summed E-state index contributed by atoms with van der Waals surface area (Å²) in [6.45, 7) is 3.94. The van der Waals surface area contributed by atoms with Crippen LogP contribution in [0.3, 0.4) is 0 Å². The van der Waals surface area contributed by atoms with Crippen LogP contribution in [0.15, 0.2) is 24.3 Å². The molecule has 1 N–H and O–H groups in total. The molecule has 4 nitrogen and oxygen atoms in total. The van der Waals surface area contributed by atoms with Crippen molar-refractivity contribution in [3.05, 3.63) is 35.6 Å². The summed E-state index contributed by atoms with van der Waals surface area (Å²) >= 11 is 0. The fourth-order valence-electron chi connectivity index (χ4n) is 3.14. The van der Waals surface area contributed by atoms with Crippen molar-refractivity contribution < 1.29 is 14.3 Å². The number of amides is 1. The third kappa shape index (κ3) is 3.24. The van der Waals surface area contributed by atoms with Gasteiger partial charge in [0.05, 0.1) is 6.61 Å². The number of aliphatic hydroxyl groups excluding tert-OH is 1. The molecule has 1 aliphatic heterocycles. The van der Waals surface area contributed by atoms with Gasteiger partial charge in [-0.05, 0) is 30.0 Å². The van der Waals surface area contributed by atoms with E-state index in [1.54, 1.807) is 6.07 Å². The highest BCUT2D eigenvalue weighted by molar-refractivity contribution is 5.83. The molecule has 114 valence electrons. The molecule has 2 fully saturated rings. The molecule has 1 aromatic rings. The summed E-state index contributed by atoms with van der Waals surface area (Å²) in [5.41, 5.74) is 0.937. The Hall–Kier alpha value is -1.46. The SMILES string of the molecule is O=C([C@@H]1C[C@H]1c1cccc(F)c1)N1CCN(CCO)CC1. The van der Waals surface area contributed by atoms with Gasteiger partial charge in [0.1, 0.15) is 5.82 Å². The zero-order chi connectivity index (χ0) is 14.8. The van der Waals surface area contributed by atoms with Crippen molar-refractivity contribution in [1.29, 1.82) is 0 Å².